The molecule has 2 aromatic carbocycles. The zero-order valence-electron chi connectivity index (χ0n) is 19.9. The van der Waals surface area contributed by atoms with Crippen LogP contribution in [0.2, 0.25) is 0 Å². The average molecular weight is 472 g/mol. The van der Waals surface area contributed by atoms with Gasteiger partial charge in [-0.2, -0.15) is 0 Å². The van der Waals surface area contributed by atoms with E-state index in [0.29, 0.717) is 24.2 Å². The third-order valence-electron chi connectivity index (χ3n) is 6.59. The number of pyridine rings is 1. The summed E-state index contributed by atoms with van der Waals surface area (Å²) in [6, 6.07) is 17.8. The number of hydrogen-bond acceptors (Lipinski definition) is 5. The highest BCUT2D eigenvalue weighted by Crippen LogP contribution is 2.30. The third-order valence-corrected chi connectivity index (χ3v) is 6.59. The van der Waals surface area contributed by atoms with Gasteiger partial charge in [0.2, 0.25) is 5.56 Å². The van der Waals surface area contributed by atoms with Crippen molar-refractivity contribution in [3.63, 3.8) is 0 Å². The van der Waals surface area contributed by atoms with Gasteiger partial charge in [0, 0.05) is 36.1 Å². The van der Waals surface area contributed by atoms with Gasteiger partial charge in [0.25, 0.3) is 5.91 Å². The first-order chi connectivity index (χ1) is 16.9. The van der Waals surface area contributed by atoms with E-state index in [1.807, 2.05) is 36.4 Å². The summed E-state index contributed by atoms with van der Waals surface area (Å²) >= 11 is 0. The first-order valence-corrected chi connectivity index (χ1v) is 11.7. The highest BCUT2D eigenvalue weighted by Gasteiger charge is 2.39. The first-order valence-electron chi connectivity index (χ1n) is 11.7. The topological polar surface area (TPSA) is 103 Å². The van der Waals surface area contributed by atoms with Crippen LogP contribution in [0.5, 0.6) is 0 Å². The van der Waals surface area contributed by atoms with Gasteiger partial charge in [-0.15, -0.1) is 0 Å². The molecule has 2 N–H and O–H groups in total. The molecule has 0 saturated carbocycles. The number of likely N-dealkylation sites (tertiary alicyclic amines) is 1. The van der Waals surface area contributed by atoms with E-state index >= 15 is 0 Å². The maximum Gasteiger partial charge on any atom is 0.311 e. The van der Waals surface area contributed by atoms with Crippen LogP contribution >= 0.6 is 0 Å². The van der Waals surface area contributed by atoms with E-state index in [-0.39, 0.29) is 23.5 Å². The van der Waals surface area contributed by atoms with Crippen molar-refractivity contribution in [1.29, 1.82) is 5.41 Å². The van der Waals surface area contributed by atoms with Gasteiger partial charge in [0.05, 0.1) is 13.0 Å². The van der Waals surface area contributed by atoms with Crippen LogP contribution in [0.3, 0.4) is 0 Å². The number of aromatic amines is 1. The zero-order valence-corrected chi connectivity index (χ0v) is 19.9. The van der Waals surface area contributed by atoms with Crippen LogP contribution in [0.25, 0.3) is 11.1 Å². The maximum atomic E-state index is 13.5. The van der Waals surface area contributed by atoms with E-state index in [4.69, 9.17) is 10.1 Å². The van der Waals surface area contributed by atoms with Gasteiger partial charge in [-0.1, -0.05) is 30.3 Å². The molecule has 3 aromatic rings. The molecule has 0 aliphatic carbocycles. The third kappa shape index (κ3) is 5.40. The molecule has 7 nitrogen and oxygen atoms in total. The second-order valence-electron chi connectivity index (χ2n) is 8.89. The van der Waals surface area contributed by atoms with Gasteiger partial charge in [-0.3, -0.25) is 14.4 Å². The number of amides is 1. The minimum atomic E-state index is -0.492. The number of rotatable bonds is 7. The van der Waals surface area contributed by atoms with Crippen LogP contribution in [0.15, 0.2) is 71.7 Å². The lowest BCUT2D eigenvalue weighted by Gasteiger charge is -2.30. The number of carbonyl (C=O) groups excluding carboxylic acids is 2. The Morgan fingerprint density at radius 3 is 2.49 bits per heavy atom. The van der Waals surface area contributed by atoms with Crippen molar-refractivity contribution in [3.8, 4) is 11.1 Å². The quantitative estimate of drug-likeness (QED) is 0.400. The number of ether oxygens (including phenoxy) is 1. The standard InChI is InChI=1S/C28H29N3O4/c1-18(29)22-6-3-5-19(15-22)16-24(28(34)35-2)25-7-4-14-31(25)27(33)21-10-8-20(9-11-21)23-12-13-26(32)30-17-23/h3,5-6,8-13,15,17,24-25,29H,4,7,14,16H2,1-2H3,(H,30,32)/t24?,25-/m1/s1. The largest absolute Gasteiger partial charge is 0.469 e. The molecule has 1 unspecified atom stereocenters. The zero-order chi connectivity index (χ0) is 24.9. The van der Waals surface area contributed by atoms with Crippen LogP contribution in [0.4, 0.5) is 0 Å². The van der Waals surface area contributed by atoms with Crippen molar-refractivity contribution in [2.24, 2.45) is 5.92 Å². The molecule has 1 aromatic heterocycles. The molecule has 180 valence electrons. The molecular formula is C28H29N3O4. The van der Waals surface area contributed by atoms with Crippen molar-refractivity contribution in [2.75, 3.05) is 13.7 Å². The lowest BCUT2D eigenvalue weighted by atomic mass is 9.89. The molecule has 1 saturated heterocycles. The van der Waals surface area contributed by atoms with Crippen LogP contribution in [-0.4, -0.2) is 47.2 Å². The molecule has 1 fully saturated rings. The molecule has 4 rings (SSSR count). The van der Waals surface area contributed by atoms with Gasteiger partial charge in [-0.05, 0) is 72.7 Å². The predicted octanol–water partition coefficient (Wildman–Crippen LogP) is 4.07. The molecule has 2 atom stereocenters. The summed E-state index contributed by atoms with van der Waals surface area (Å²) in [5.74, 6) is -0.938. The summed E-state index contributed by atoms with van der Waals surface area (Å²) < 4.78 is 5.14. The first kappa shape index (κ1) is 24.1. The van der Waals surface area contributed by atoms with E-state index in [2.05, 4.69) is 4.98 Å². The molecule has 0 radical (unpaired) electrons. The van der Waals surface area contributed by atoms with Crippen LogP contribution in [-0.2, 0) is 16.0 Å². The molecule has 0 bridgehead atoms. The lowest BCUT2D eigenvalue weighted by Crippen LogP contribution is -2.44. The number of nitrogens with one attached hydrogen (secondary N) is 2. The number of carbonyl (C=O) groups is 2. The molecule has 1 amide bonds. The van der Waals surface area contributed by atoms with Gasteiger partial charge in [0.15, 0.2) is 0 Å². The fourth-order valence-corrected chi connectivity index (χ4v) is 4.74. The summed E-state index contributed by atoms with van der Waals surface area (Å²) in [7, 11) is 1.38. The number of benzene rings is 2. The Morgan fingerprint density at radius 2 is 1.83 bits per heavy atom. The van der Waals surface area contributed by atoms with Crippen molar-refractivity contribution in [3.05, 3.63) is 93.9 Å². The Kier molecular flexibility index (Phi) is 7.25. The van der Waals surface area contributed by atoms with E-state index < -0.39 is 5.92 Å². The van der Waals surface area contributed by atoms with Crippen molar-refractivity contribution >= 4 is 17.6 Å². The number of aromatic nitrogens is 1. The maximum absolute atomic E-state index is 13.5. The van der Waals surface area contributed by atoms with E-state index in [1.165, 1.54) is 13.2 Å². The van der Waals surface area contributed by atoms with Gasteiger partial charge in [0.1, 0.15) is 0 Å². The summed E-state index contributed by atoms with van der Waals surface area (Å²) in [4.78, 5) is 42.0. The van der Waals surface area contributed by atoms with Crippen molar-refractivity contribution < 1.29 is 14.3 Å². The number of esters is 1. The molecular weight excluding hydrogens is 442 g/mol. The highest BCUT2D eigenvalue weighted by molar-refractivity contribution is 5.96. The second kappa shape index (κ2) is 10.5. The van der Waals surface area contributed by atoms with Gasteiger partial charge in [-0.25, -0.2) is 0 Å². The molecule has 1 aliphatic rings. The fraction of sp³-hybridized carbons (Fsp3) is 0.286. The minimum Gasteiger partial charge on any atom is -0.469 e. The van der Waals surface area contributed by atoms with Crippen LogP contribution in [0.1, 0.15) is 41.3 Å². The Balaban J connectivity index is 1.56. The van der Waals surface area contributed by atoms with Crippen molar-refractivity contribution in [1.82, 2.24) is 9.88 Å². The normalized spacial score (nSPS) is 16.1. The summed E-state index contributed by atoms with van der Waals surface area (Å²) in [5.41, 5.74) is 4.35. The number of methoxy groups -OCH3 is 1. The Hall–Kier alpha value is -4.00. The summed E-state index contributed by atoms with van der Waals surface area (Å²) in [6.45, 7) is 2.31. The molecule has 0 spiro atoms. The van der Waals surface area contributed by atoms with Crippen LogP contribution < -0.4 is 5.56 Å². The predicted molar refractivity (Wildman–Crippen MR) is 135 cm³/mol. The monoisotopic (exact) mass is 471 g/mol. The van der Waals surface area contributed by atoms with Crippen molar-refractivity contribution in [2.45, 2.75) is 32.2 Å². The second-order valence-corrected chi connectivity index (χ2v) is 8.89. The molecule has 7 heteroatoms. The Morgan fingerprint density at radius 1 is 1.09 bits per heavy atom. The average Bonchev–Trinajstić information content (AvgIpc) is 3.36. The van der Waals surface area contributed by atoms with E-state index in [0.717, 1.165) is 35.1 Å². The Bertz CT molecular complexity index is 1280. The molecule has 35 heavy (non-hydrogen) atoms. The summed E-state index contributed by atoms with van der Waals surface area (Å²) in [6.07, 6.45) is 3.63. The van der Waals surface area contributed by atoms with Gasteiger partial charge < -0.3 is 20.0 Å². The highest BCUT2D eigenvalue weighted by atomic mass is 16.5. The van der Waals surface area contributed by atoms with E-state index in [1.54, 1.807) is 36.2 Å². The smallest absolute Gasteiger partial charge is 0.311 e. The van der Waals surface area contributed by atoms with Gasteiger partial charge >= 0.3 is 5.97 Å². The molecule has 1 aliphatic heterocycles. The fourth-order valence-electron chi connectivity index (χ4n) is 4.74. The summed E-state index contributed by atoms with van der Waals surface area (Å²) in [5, 5.41) is 7.90. The van der Waals surface area contributed by atoms with Crippen LogP contribution in [0, 0.1) is 11.3 Å². The SMILES string of the molecule is COC(=O)C(Cc1cccc(C(C)=N)c1)[C@H]1CCCN1C(=O)c1ccc(-c2ccc(=O)[nH]c2)cc1. The number of H-pyrrole nitrogens is 1. The number of hydrogen-bond donors (Lipinski definition) is 2. The van der Waals surface area contributed by atoms with E-state index in [9.17, 15) is 14.4 Å². The lowest BCUT2D eigenvalue weighted by molar-refractivity contribution is -0.147. The minimum absolute atomic E-state index is 0.112. The Labute approximate surface area is 204 Å². The molecule has 2 heterocycles. The number of nitrogens with zero attached hydrogens (tertiary/aromatic N) is 1.